The number of hydrogen-bond acceptors (Lipinski definition) is 3. The molecule has 0 atom stereocenters. The Balaban J connectivity index is 1.42. The Morgan fingerprint density at radius 3 is 2.58 bits per heavy atom. The minimum atomic E-state index is -0.396. The lowest BCUT2D eigenvalue weighted by Crippen LogP contribution is -2.27. The molecular formula is C24H18Cl2N2O3. The van der Waals surface area contributed by atoms with Crippen molar-refractivity contribution in [1.29, 1.82) is 0 Å². The maximum Gasteiger partial charge on any atom is 0.291 e. The van der Waals surface area contributed by atoms with Gasteiger partial charge in [-0.15, -0.1) is 0 Å². The number of fused-ring (bicyclic) bond motifs is 1. The van der Waals surface area contributed by atoms with Crippen LogP contribution in [0.1, 0.15) is 21.5 Å². The molecule has 7 heteroatoms. The van der Waals surface area contributed by atoms with E-state index in [0.717, 1.165) is 11.1 Å². The highest BCUT2D eigenvalue weighted by molar-refractivity contribution is 6.31. The zero-order chi connectivity index (χ0) is 21.8. The molecule has 2 amide bonds. The van der Waals surface area contributed by atoms with E-state index in [0.29, 0.717) is 40.0 Å². The summed E-state index contributed by atoms with van der Waals surface area (Å²) < 4.78 is 5.73. The van der Waals surface area contributed by atoms with Crippen LogP contribution in [-0.4, -0.2) is 18.4 Å². The lowest BCUT2D eigenvalue weighted by Gasteiger charge is -2.20. The molecule has 156 valence electrons. The summed E-state index contributed by atoms with van der Waals surface area (Å²) in [6.45, 7) is 0.479. The van der Waals surface area contributed by atoms with Gasteiger partial charge in [-0.05, 0) is 66.1 Å². The van der Waals surface area contributed by atoms with E-state index < -0.39 is 5.91 Å². The average Bonchev–Trinajstić information content (AvgIpc) is 2.75. The fourth-order valence-corrected chi connectivity index (χ4v) is 3.45. The Hall–Kier alpha value is -3.28. The molecule has 1 aliphatic heterocycles. The van der Waals surface area contributed by atoms with Gasteiger partial charge in [0.2, 0.25) is 0 Å². The lowest BCUT2D eigenvalue weighted by atomic mass is 10.1. The fourth-order valence-electron chi connectivity index (χ4n) is 3.12. The highest BCUT2D eigenvalue weighted by atomic mass is 35.5. The second-order valence-electron chi connectivity index (χ2n) is 6.96. The highest BCUT2D eigenvalue weighted by Crippen LogP contribution is 2.32. The molecule has 2 N–H and O–H groups in total. The molecule has 0 aromatic heterocycles. The Labute approximate surface area is 189 Å². The highest BCUT2D eigenvalue weighted by Gasteiger charge is 2.23. The van der Waals surface area contributed by atoms with Crippen LogP contribution in [0.2, 0.25) is 10.0 Å². The fraction of sp³-hybridized carbons (Fsp3) is 0.0833. The van der Waals surface area contributed by atoms with E-state index >= 15 is 0 Å². The first-order chi connectivity index (χ1) is 15.0. The molecule has 31 heavy (non-hydrogen) atoms. The zero-order valence-electron chi connectivity index (χ0n) is 16.3. The molecule has 1 heterocycles. The van der Waals surface area contributed by atoms with Crippen molar-refractivity contribution >= 4 is 46.8 Å². The van der Waals surface area contributed by atoms with Crippen LogP contribution < -0.4 is 15.4 Å². The number of rotatable bonds is 5. The van der Waals surface area contributed by atoms with Crippen molar-refractivity contribution < 1.29 is 14.3 Å². The summed E-state index contributed by atoms with van der Waals surface area (Å²) in [7, 11) is 0. The molecule has 3 aromatic rings. The van der Waals surface area contributed by atoms with Crippen molar-refractivity contribution in [3.63, 3.8) is 0 Å². The van der Waals surface area contributed by atoms with Gasteiger partial charge in [0.15, 0.2) is 11.5 Å². The van der Waals surface area contributed by atoms with Gasteiger partial charge in [-0.2, -0.15) is 0 Å². The van der Waals surface area contributed by atoms with Gasteiger partial charge in [-0.1, -0.05) is 47.5 Å². The largest absolute Gasteiger partial charge is 0.449 e. The van der Waals surface area contributed by atoms with Crippen molar-refractivity contribution in [3.8, 4) is 5.75 Å². The first-order valence-electron chi connectivity index (χ1n) is 9.61. The van der Waals surface area contributed by atoms with Crippen molar-refractivity contribution in [2.75, 3.05) is 11.9 Å². The second kappa shape index (κ2) is 9.25. The van der Waals surface area contributed by atoms with E-state index in [1.165, 1.54) is 0 Å². The summed E-state index contributed by atoms with van der Waals surface area (Å²) in [4.78, 5) is 24.9. The molecule has 4 rings (SSSR count). The average molecular weight is 453 g/mol. The number of carbonyl (C=O) groups is 2. The first kappa shape index (κ1) is 21.0. The topological polar surface area (TPSA) is 67.4 Å². The third-order valence-corrected chi connectivity index (χ3v) is 5.18. The molecule has 0 aliphatic carbocycles. The van der Waals surface area contributed by atoms with E-state index in [1.54, 1.807) is 42.5 Å². The van der Waals surface area contributed by atoms with Crippen LogP contribution in [0.15, 0.2) is 72.5 Å². The van der Waals surface area contributed by atoms with Crippen LogP contribution >= 0.6 is 23.2 Å². The van der Waals surface area contributed by atoms with Gasteiger partial charge in [0, 0.05) is 22.2 Å². The third-order valence-electron chi connectivity index (χ3n) is 4.69. The summed E-state index contributed by atoms with van der Waals surface area (Å²) in [6.07, 6.45) is 2.30. The molecule has 0 spiro atoms. The van der Waals surface area contributed by atoms with Gasteiger partial charge in [-0.25, -0.2) is 0 Å². The molecule has 0 saturated heterocycles. The first-order valence-corrected chi connectivity index (χ1v) is 10.4. The monoisotopic (exact) mass is 452 g/mol. The zero-order valence-corrected chi connectivity index (χ0v) is 17.8. The summed E-state index contributed by atoms with van der Waals surface area (Å²) >= 11 is 11.9. The number of carbonyl (C=O) groups excluding carboxylic acids is 2. The van der Waals surface area contributed by atoms with Crippen molar-refractivity contribution in [3.05, 3.63) is 99.2 Å². The summed E-state index contributed by atoms with van der Waals surface area (Å²) in [5, 5.41) is 6.89. The van der Waals surface area contributed by atoms with Crippen LogP contribution in [0.5, 0.6) is 5.75 Å². The molecule has 0 saturated carbocycles. The number of amides is 2. The predicted molar refractivity (Wildman–Crippen MR) is 123 cm³/mol. The van der Waals surface area contributed by atoms with E-state index in [1.807, 2.05) is 30.3 Å². The maximum absolute atomic E-state index is 12.5. The maximum atomic E-state index is 12.5. The van der Waals surface area contributed by atoms with Crippen LogP contribution in [-0.2, 0) is 11.2 Å². The SMILES string of the molecule is O=C1Nc2cc(C(=O)NCCc3ccc(Cl)cc3)ccc2OC1=Cc1cccc(Cl)c1. The van der Waals surface area contributed by atoms with Crippen molar-refractivity contribution in [2.45, 2.75) is 6.42 Å². The number of ether oxygens (including phenoxy) is 1. The summed E-state index contributed by atoms with van der Waals surface area (Å²) in [6, 6.07) is 19.5. The van der Waals surface area contributed by atoms with E-state index in [9.17, 15) is 9.59 Å². The Bertz CT molecular complexity index is 1170. The van der Waals surface area contributed by atoms with Crippen LogP contribution in [0.4, 0.5) is 5.69 Å². The van der Waals surface area contributed by atoms with Gasteiger partial charge in [0.05, 0.1) is 5.69 Å². The predicted octanol–water partition coefficient (Wildman–Crippen LogP) is 5.34. The van der Waals surface area contributed by atoms with E-state index in [4.69, 9.17) is 27.9 Å². The van der Waals surface area contributed by atoms with Gasteiger partial charge in [0.1, 0.15) is 0 Å². The Kier molecular flexibility index (Phi) is 6.26. The minimum Gasteiger partial charge on any atom is -0.449 e. The standard InChI is InChI=1S/C24H18Cl2N2O3/c25-18-7-4-15(5-8-18)10-11-27-23(29)17-6-9-21-20(14-17)28-24(30)22(31-21)13-16-2-1-3-19(26)12-16/h1-9,12-14H,10-11H2,(H,27,29)(H,28,30). The summed E-state index contributed by atoms with van der Waals surface area (Å²) in [5.74, 6) is -0.0143. The Morgan fingerprint density at radius 2 is 1.81 bits per heavy atom. The Morgan fingerprint density at radius 1 is 1.00 bits per heavy atom. The quantitative estimate of drug-likeness (QED) is 0.513. The van der Waals surface area contributed by atoms with Gasteiger partial charge in [-0.3, -0.25) is 9.59 Å². The smallest absolute Gasteiger partial charge is 0.291 e. The van der Waals surface area contributed by atoms with Crippen LogP contribution in [0.3, 0.4) is 0 Å². The van der Waals surface area contributed by atoms with Crippen molar-refractivity contribution in [1.82, 2.24) is 5.32 Å². The van der Waals surface area contributed by atoms with Gasteiger partial charge >= 0.3 is 0 Å². The third kappa shape index (κ3) is 5.26. The van der Waals surface area contributed by atoms with Crippen LogP contribution in [0, 0.1) is 0 Å². The van der Waals surface area contributed by atoms with Gasteiger partial charge < -0.3 is 15.4 Å². The van der Waals surface area contributed by atoms with E-state index in [2.05, 4.69) is 10.6 Å². The van der Waals surface area contributed by atoms with Gasteiger partial charge in [0.25, 0.3) is 11.8 Å². The minimum absolute atomic E-state index is 0.148. The number of hydrogen-bond donors (Lipinski definition) is 2. The molecule has 1 aliphatic rings. The van der Waals surface area contributed by atoms with Crippen molar-refractivity contribution in [2.24, 2.45) is 0 Å². The van der Waals surface area contributed by atoms with Crippen LogP contribution in [0.25, 0.3) is 6.08 Å². The number of halogens is 2. The molecule has 0 radical (unpaired) electrons. The molecule has 5 nitrogen and oxygen atoms in total. The summed E-state index contributed by atoms with van der Waals surface area (Å²) in [5.41, 5.74) is 2.70. The number of nitrogens with one attached hydrogen (secondary N) is 2. The molecule has 0 unspecified atom stereocenters. The molecule has 0 bridgehead atoms. The lowest BCUT2D eigenvalue weighted by molar-refractivity contribution is -0.115. The second-order valence-corrected chi connectivity index (χ2v) is 7.84. The number of anilines is 1. The number of benzene rings is 3. The molecular weight excluding hydrogens is 435 g/mol. The van der Waals surface area contributed by atoms with E-state index in [-0.39, 0.29) is 11.7 Å². The molecule has 3 aromatic carbocycles. The normalized spacial score (nSPS) is 13.9. The molecule has 0 fully saturated rings.